The minimum atomic E-state index is -0.458. The topological polar surface area (TPSA) is 45.5 Å². The first-order valence-electron chi connectivity index (χ1n) is 6.23. The molecule has 2 unspecified atom stereocenters. The Morgan fingerprint density at radius 1 is 1.61 bits per heavy atom. The number of hydrogen-bond acceptors (Lipinski definition) is 2. The van der Waals surface area contributed by atoms with Crippen molar-refractivity contribution in [3.63, 3.8) is 0 Å². The van der Waals surface area contributed by atoms with E-state index < -0.39 is 6.10 Å². The molecule has 1 heterocycles. The monoisotopic (exact) mass is 314 g/mol. The van der Waals surface area contributed by atoms with Crippen LogP contribution in [0.25, 0.3) is 0 Å². The Balaban J connectivity index is 2.01. The van der Waals surface area contributed by atoms with Gasteiger partial charge in [0, 0.05) is 30.5 Å². The van der Waals surface area contributed by atoms with E-state index in [1.165, 1.54) is 0 Å². The zero-order chi connectivity index (χ0) is 13.3. The van der Waals surface area contributed by atoms with Crippen molar-refractivity contribution in [2.24, 2.45) is 13.0 Å². The van der Waals surface area contributed by atoms with Crippen molar-refractivity contribution in [3.05, 3.63) is 22.4 Å². The number of carbonyl (C=O) groups is 1. The molecule has 1 aromatic heterocycles. The summed E-state index contributed by atoms with van der Waals surface area (Å²) in [4.78, 5) is 13.9. The molecule has 1 amide bonds. The fraction of sp³-hybridized carbons (Fsp3) is 0.615. The molecule has 1 saturated carbocycles. The van der Waals surface area contributed by atoms with Crippen molar-refractivity contribution in [3.8, 4) is 0 Å². The SMILES string of the molecule is CN(Cc1cc(Br)cn1C)C(=O)C1CCCC1O. The Kier molecular flexibility index (Phi) is 4.12. The number of nitrogens with zero attached hydrogens (tertiary/aromatic N) is 2. The zero-order valence-electron chi connectivity index (χ0n) is 10.8. The average molecular weight is 315 g/mol. The highest BCUT2D eigenvalue weighted by Crippen LogP contribution is 2.27. The van der Waals surface area contributed by atoms with Gasteiger partial charge in [0.1, 0.15) is 0 Å². The number of aliphatic hydroxyl groups is 1. The van der Waals surface area contributed by atoms with E-state index in [2.05, 4.69) is 15.9 Å². The fourth-order valence-electron chi connectivity index (χ4n) is 2.56. The van der Waals surface area contributed by atoms with Gasteiger partial charge in [0.25, 0.3) is 0 Å². The molecule has 4 nitrogen and oxygen atoms in total. The Morgan fingerprint density at radius 2 is 2.33 bits per heavy atom. The molecule has 1 aliphatic rings. The Labute approximate surface area is 116 Å². The second kappa shape index (κ2) is 5.45. The number of aryl methyl sites for hydroxylation is 1. The molecule has 1 N–H and O–H groups in total. The van der Waals surface area contributed by atoms with Gasteiger partial charge in [-0.1, -0.05) is 0 Å². The Morgan fingerprint density at radius 3 is 2.83 bits per heavy atom. The molecule has 18 heavy (non-hydrogen) atoms. The van der Waals surface area contributed by atoms with Gasteiger partial charge in [0.15, 0.2) is 0 Å². The lowest BCUT2D eigenvalue weighted by molar-refractivity contribution is -0.137. The number of hydrogen-bond donors (Lipinski definition) is 1. The number of carbonyl (C=O) groups excluding carboxylic acids is 1. The van der Waals surface area contributed by atoms with Crippen LogP contribution in [0.2, 0.25) is 0 Å². The van der Waals surface area contributed by atoms with Gasteiger partial charge in [-0.2, -0.15) is 0 Å². The highest BCUT2D eigenvalue weighted by Gasteiger charge is 2.33. The van der Waals surface area contributed by atoms with Crippen molar-refractivity contribution in [1.82, 2.24) is 9.47 Å². The lowest BCUT2D eigenvalue weighted by Crippen LogP contribution is -2.36. The molecule has 0 saturated heterocycles. The molecule has 5 heteroatoms. The van der Waals surface area contributed by atoms with Crippen molar-refractivity contribution in [2.45, 2.75) is 31.9 Å². The molecule has 1 aliphatic carbocycles. The molecular formula is C13H19BrN2O2. The second-order valence-corrected chi connectivity index (χ2v) is 5.98. The number of aromatic nitrogens is 1. The molecular weight excluding hydrogens is 296 g/mol. The van der Waals surface area contributed by atoms with Crippen molar-refractivity contribution >= 4 is 21.8 Å². The summed E-state index contributed by atoms with van der Waals surface area (Å²) in [6, 6.07) is 2.01. The predicted octanol–water partition coefficient (Wildman–Crippen LogP) is 1.91. The molecule has 0 bridgehead atoms. The van der Waals surface area contributed by atoms with Crippen molar-refractivity contribution in [1.29, 1.82) is 0 Å². The molecule has 2 rings (SSSR count). The summed E-state index contributed by atoms with van der Waals surface area (Å²) in [5.41, 5.74) is 1.07. The molecule has 0 aliphatic heterocycles. The highest BCUT2D eigenvalue weighted by molar-refractivity contribution is 9.10. The average Bonchev–Trinajstić information content (AvgIpc) is 2.85. The maximum atomic E-state index is 12.2. The smallest absolute Gasteiger partial charge is 0.228 e. The third-order valence-corrected chi connectivity index (χ3v) is 4.08. The quantitative estimate of drug-likeness (QED) is 0.926. The van der Waals surface area contributed by atoms with E-state index >= 15 is 0 Å². The van der Waals surface area contributed by atoms with Gasteiger partial charge in [0.2, 0.25) is 5.91 Å². The third kappa shape index (κ3) is 2.78. The van der Waals surface area contributed by atoms with Gasteiger partial charge in [-0.15, -0.1) is 0 Å². The number of rotatable bonds is 3. The van der Waals surface area contributed by atoms with E-state index in [-0.39, 0.29) is 11.8 Å². The van der Waals surface area contributed by atoms with Crippen LogP contribution in [0.3, 0.4) is 0 Å². The second-order valence-electron chi connectivity index (χ2n) is 5.06. The van der Waals surface area contributed by atoms with Gasteiger partial charge in [-0.3, -0.25) is 4.79 Å². The summed E-state index contributed by atoms with van der Waals surface area (Å²) in [5, 5.41) is 9.77. The first-order valence-corrected chi connectivity index (χ1v) is 7.02. The maximum absolute atomic E-state index is 12.2. The highest BCUT2D eigenvalue weighted by atomic mass is 79.9. The first kappa shape index (κ1) is 13.6. The standard InChI is InChI=1S/C13H19BrN2O2/c1-15-7-9(14)6-10(15)8-16(2)13(18)11-4-3-5-12(11)17/h6-7,11-12,17H,3-5,8H2,1-2H3. The van der Waals surface area contributed by atoms with E-state index in [0.717, 1.165) is 29.4 Å². The predicted molar refractivity (Wildman–Crippen MR) is 72.9 cm³/mol. The molecule has 2 atom stereocenters. The van der Waals surface area contributed by atoms with E-state index in [0.29, 0.717) is 6.54 Å². The van der Waals surface area contributed by atoms with Crippen LogP contribution in [0, 0.1) is 5.92 Å². The minimum Gasteiger partial charge on any atom is -0.392 e. The normalized spacial score (nSPS) is 23.3. The molecule has 1 aromatic rings. The van der Waals surface area contributed by atoms with Crippen molar-refractivity contribution < 1.29 is 9.90 Å². The Hall–Kier alpha value is -0.810. The molecule has 1 fully saturated rings. The summed E-state index contributed by atoms with van der Waals surface area (Å²) in [6.07, 6.45) is 4.01. The van der Waals surface area contributed by atoms with Crippen LogP contribution >= 0.6 is 15.9 Å². The maximum Gasteiger partial charge on any atom is 0.228 e. The summed E-state index contributed by atoms with van der Waals surface area (Å²) >= 11 is 3.42. The van der Waals surface area contributed by atoms with Gasteiger partial charge in [-0.05, 0) is 41.3 Å². The van der Waals surface area contributed by atoms with Gasteiger partial charge in [0.05, 0.1) is 18.6 Å². The zero-order valence-corrected chi connectivity index (χ0v) is 12.4. The van der Waals surface area contributed by atoms with Crippen LogP contribution in [-0.4, -0.2) is 33.6 Å². The summed E-state index contributed by atoms with van der Waals surface area (Å²) < 4.78 is 3.01. The number of halogens is 1. The van der Waals surface area contributed by atoms with Crippen LogP contribution < -0.4 is 0 Å². The minimum absolute atomic E-state index is 0.0531. The molecule has 0 radical (unpaired) electrons. The van der Waals surface area contributed by atoms with Crippen LogP contribution in [0.15, 0.2) is 16.7 Å². The molecule has 0 spiro atoms. The van der Waals surface area contributed by atoms with E-state index in [1.807, 2.05) is 23.9 Å². The summed E-state index contributed by atoms with van der Waals surface area (Å²) in [5.74, 6) is -0.156. The van der Waals surface area contributed by atoms with Crippen LogP contribution in [0.1, 0.15) is 25.0 Å². The fourth-order valence-corrected chi connectivity index (χ4v) is 3.13. The largest absolute Gasteiger partial charge is 0.392 e. The summed E-state index contributed by atoms with van der Waals surface area (Å²) in [6.45, 7) is 0.574. The van der Waals surface area contributed by atoms with Gasteiger partial charge < -0.3 is 14.6 Å². The van der Waals surface area contributed by atoms with E-state index in [4.69, 9.17) is 0 Å². The van der Waals surface area contributed by atoms with E-state index in [1.54, 1.807) is 11.9 Å². The van der Waals surface area contributed by atoms with E-state index in [9.17, 15) is 9.90 Å². The lowest BCUT2D eigenvalue weighted by atomic mass is 10.0. The first-order chi connectivity index (χ1) is 8.49. The van der Waals surface area contributed by atoms with Gasteiger partial charge >= 0.3 is 0 Å². The lowest BCUT2D eigenvalue weighted by Gasteiger charge is -2.23. The third-order valence-electron chi connectivity index (χ3n) is 3.65. The van der Waals surface area contributed by atoms with Crippen LogP contribution in [0.4, 0.5) is 0 Å². The number of amides is 1. The number of aliphatic hydroxyl groups excluding tert-OH is 1. The van der Waals surface area contributed by atoms with Crippen LogP contribution in [-0.2, 0) is 18.4 Å². The van der Waals surface area contributed by atoms with Crippen LogP contribution in [0.5, 0.6) is 0 Å². The molecule has 100 valence electrons. The Bertz CT molecular complexity index is 444. The molecule has 0 aromatic carbocycles. The van der Waals surface area contributed by atoms with Gasteiger partial charge in [-0.25, -0.2) is 0 Å². The van der Waals surface area contributed by atoms with Crippen molar-refractivity contribution in [2.75, 3.05) is 7.05 Å². The summed E-state index contributed by atoms with van der Waals surface area (Å²) in [7, 11) is 3.76.